The summed E-state index contributed by atoms with van der Waals surface area (Å²) in [6.07, 6.45) is -1.31. The van der Waals surface area contributed by atoms with Gasteiger partial charge < -0.3 is 38.8 Å². The highest BCUT2D eigenvalue weighted by Crippen LogP contribution is 2.49. The van der Waals surface area contributed by atoms with E-state index in [0.29, 0.717) is 23.9 Å². The number of amides is 2. The first kappa shape index (κ1) is 39.1. The van der Waals surface area contributed by atoms with Crippen molar-refractivity contribution in [2.45, 2.75) is 82.2 Å². The number of nitrogens with zero attached hydrogens (tertiary/aromatic N) is 2. The Morgan fingerprint density at radius 3 is 2.65 bits per heavy atom. The summed E-state index contributed by atoms with van der Waals surface area (Å²) in [5.41, 5.74) is -2.00. The molecule has 4 N–H and O–H groups in total. The first-order valence-corrected chi connectivity index (χ1v) is 16.8. The molecule has 1 unspecified atom stereocenters. The molecule has 8 atom stereocenters. The molecule has 2 aromatic carbocycles. The number of hydrogen-bond acceptors (Lipinski definition) is 12. The Morgan fingerprint density at radius 2 is 2.00 bits per heavy atom. The minimum absolute atomic E-state index is 0.0516. The van der Waals surface area contributed by atoms with Crippen LogP contribution in [0.3, 0.4) is 0 Å². The Kier molecular flexibility index (Phi) is 11.6. The minimum atomic E-state index is -1.78. The molecule has 3 heterocycles. The second-order valence-corrected chi connectivity index (χ2v) is 13.7. The van der Waals surface area contributed by atoms with Gasteiger partial charge in [0.05, 0.1) is 48.1 Å². The Balaban J connectivity index is 1.53. The zero-order valence-corrected chi connectivity index (χ0v) is 30.2. The van der Waals surface area contributed by atoms with Gasteiger partial charge in [0.1, 0.15) is 28.6 Å². The van der Waals surface area contributed by atoms with Crippen molar-refractivity contribution in [2.24, 2.45) is 5.92 Å². The maximum absolute atomic E-state index is 14.7. The van der Waals surface area contributed by atoms with Crippen LogP contribution in [0, 0.1) is 21.8 Å². The molecule has 52 heavy (non-hydrogen) atoms. The largest absolute Gasteiger partial charge is 0.495 e. The van der Waals surface area contributed by atoms with Crippen molar-refractivity contribution >= 4 is 40.7 Å². The SMILES string of the molecule is COc1cc2cc(c1Cl)N(C)C(=O)C[C@H](OC(=O)Nc1ccc([N+](=O)[O-])cc1F)[C@]1(C)O[C@H]1[C@H](C)[C@@H]1C[C@@](O)(NC(O)O1)[C@H](OC)/C=C/C=C(\C)C2. The summed E-state index contributed by atoms with van der Waals surface area (Å²) in [4.78, 5) is 38.8. The zero-order valence-electron chi connectivity index (χ0n) is 29.4. The summed E-state index contributed by atoms with van der Waals surface area (Å²) in [5.74, 6) is -1.83. The lowest BCUT2D eigenvalue weighted by molar-refractivity contribution is -0.385. The Morgan fingerprint density at radius 1 is 1.27 bits per heavy atom. The van der Waals surface area contributed by atoms with E-state index in [2.05, 4.69) is 10.6 Å². The van der Waals surface area contributed by atoms with Crippen molar-refractivity contribution < 1.29 is 52.8 Å². The molecule has 4 bridgehead atoms. The fourth-order valence-corrected chi connectivity index (χ4v) is 7.02. The summed E-state index contributed by atoms with van der Waals surface area (Å²) >= 11 is 6.70. The van der Waals surface area contributed by atoms with E-state index in [4.69, 9.17) is 35.3 Å². The van der Waals surface area contributed by atoms with Crippen LogP contribution in [0.25, 0.3) is 0 Å². The van der Waals surface area contributed by atoms with Gasteiger partial charge in [-0.1, -0.05) is 42.3 Å². The van der Waals surface area contributed by atoms with Crippen molar-refractivity contribution in [3.63, 3.8) is 0 Å². The number of nitrogens with one attached hydrogen (secondary N) is 2. The summed E-state index contributed by atoms with van der Waals surface area (Å²) < 4.78 is 43.5. The Bertz CT molecular complexity index is 1780. The number of aliphatic hydroxyl groups is 2. The van der Waals surface area contributed by atoms with E-state index in [1.165, 1.54) is 26.2 Å². The first-order chi connectivity index (χ1) is 24.5. The number of nitro groups is 1. The molecule has 0 saturated carbocycles. The van der Waals surface area contributed by atoms with Gasteiger partial charge in [0.2, 0.25) is 12.3 Å². The van der Waals surface area contributed by atoms with Crippen molar-refractivity contribution in [1.82, 2.24) is 5.32 Å². The monoisotopic (exact) mass is 748 g/mol. The zero-order chi connectivity index (χ0) is 38.1. The van der Waals surface area contributed by atoms with Crippen LogP contribution < -0.4 is 20.3 Å². The fourth-order valence-electron chi connectivity index (χ4n) is 6.70. The van der Waals surface area contributed by atoms with Gasteiger partial charge in [-0.05, 0) is 44.0 Å². The van der Waals surface area contributed by atoms with E-state index in [1.807, 2.05) is 13.0 Å². The average Bonchev–Trinajstić information content (AvgIpc) is 3.78. The summed E-state index contributed by atoms with van der Waals surface area (Å²) in [6.45, 7) is 5.29. The second kappa shape index (κ2) is 15.4. The van der Waals surface area contributed by atoms with E-state index in [1.54, 1.807) is 38.1 Å². The normalized spacial score (nSPS) is 32.5. The smallest absolute Gasteiger partial charge is 0.412 e. The third-order valence-electron chi connectivity index (χ3n) is 9.70. The predicted molar refractivity (Wildman–Crippen MR) is 186 cm³/mol. The highest BCUT2D eigenvalue weighted by Gasteiger charge is 2.64. The van der Waals surface area contributed by atoms with Gasteiger partial charge in [0.15, 0.2) is 11.5 Å². The van der Waals surface area contributed by atoms with E-state index >= 15 is 0 Å². The van der Waals surface area contributed by atoms with Crippen molar-refractivity contribution in [2.75, 3.05) is 31.5 Å². The van der Waals surface area contributed by atoms with Crippen molar-refractivity contribution in [3.8, 4) is 5.75 Å². The molecule has 0 spiro atoms. The standard InChI is InChI=1S/C35H42ClFN4O11/c1-18-8-7-9-27(49-6)35(45)17-26(50-33(44)39-35)19(2)31-34(3,52-31)28(51-32(43)38-23-11-10-21(41(46)47)15-22(23)37)16-29(42)40(4)24-13-20(12-18)14-25(48-5)30(24)36/h7-11,13-15,19,26-28,31,33,39,44-45H,12,16-17H2,1-6H3,(H,38,43)/b9-7+,18-8+/t19-,26+,27-,28+,31+,33?,34+,35+/m1/s1. The molecule has 2 aromatic rings. The first-order valence-electron chi connectivity index (χ1n) is 16.4. The van der Waals surface area contributed by atoms with Crippen LogP contribution in [-0.4, -0.2) is 90.6 Å². The van der Waals surface area contributed by atoms with E-state index in [0.717, 1.165) is 23.3 Å². The van der Waals surface area contributed by atoms with Gasteiger partial charge >= 0.3 is 6.09 Å². The maximum Gasteiger partial charge on any atom is 0.412 e. The van der Waals surface area contributed by atoms with Crippen LogP contribution >= 0.6 is 11.6 Å². The van der Waals surface area contributed by atoms with Gasteiger partial charge in [-0.25, -0.2) is 14.5 Å². The lowest BCUT2D eigenvalue weighted by atomic mass is 9.83. The quantitative estimate of drug-likeness (QED) is 0.189. The molecule has 2 saturated heterocycles. The molecule has 2 amide bonds. The number of fused-ring (bicyclic) bond motifs is 5. The number of methoxy groups -OCH3 is 2. The molecule has 3 aliphatic heterocycles. The van der Waals surface area contributed by atoms with Gasteiger partial charge in [0.25, 0.3) is 5.69 Å². The number of anilines is 2. The number of allylic oxidation sites excluding steroid dienone is 3. The summed E-state index contributed by atoms with van der Waals surface area (Å²) in [5, 5.41) is 38.5. The number of non-ortho nitro benzene ring substituents is 1. The number of hydrogen-bond donors (Lipinski definition) is 4. The molecule has 0 aromatic heterocycles. The van der Waals surface area contributed by atoms with Gasteiger partial charge in [-0.15, -0.1) is 0 Å². The highest BCUT2D eigenvalue weighted by molar-refractivity contribution is 6.35. The van der Waals surface area contributed by atoms with Gasteiger partial charge in [0, 0.05) is 32.6 Å². The average molecular weight is 749 g/mol. The number of ether oxygens (including phenoxy) is 5. The summed E-state index contributed by atoms with van der Waals surface area (Å²) in [6, 6.07) is 6.17. The van der Waals surface area contributed by atoms with Crippen LogP contribution in [0.4, 0.5) is 26.2 Å². The Labute approximate surface area is 304 Å². The highest BCUT2D eigenvalue weighted by atomic mass is 35.5. The van der Waals surface area contributed by atoms with E-state index in [9.17, 15) is 34.3 Å². The molecular weight excluding hydrogens is 707 g/mol. The van der Waals surface area contributed by atoms with Crippen LogP contribution in [0.1, 0.15) is 39.2 Å². The second-order valence-electron chi connectivity index (χ2n) is 13.3. The van der Waals surface area contributed by atoms with Gasteiger partial charge in [-0.3, -0.25) is 20.2 Å². The molecular formula is C35H42ClFN4O11. The fraction of sp³-hybridized carbons (Fsp3) is 0.486. The number of carbonyl (C=O) groups is 2. The lowest BCUT2D eigenvalue weighted by Crippen LogP contribution is -2.65. The maximum atomic E-state index is 14.7. The minimum Gasteiger partial charge on any atom is -0.495 e. The molecule has 15 nitrogen and oxygen atoms in total. The van der Waals surface area contributed by atoms with Crippen LogP contribution in [0.15, 0.2) is 54.1 Å². The molecule has 0 radical (unpaired) electrons. The van der Waals surface area contributed by atoms with Crippen LogP contribution in [0.5, 0.6) is 5.75 Å². The lowest BCUT2D eigenvalue weighted by Gasteiger charge is -2.44. The van der Waals surface area contributed by atoms with E-state index in [-0.39, 0.29) is 17.1 Å². The Hall–Kier alpha value is -4.16. The molecule has 17 heteroatoms. The molecule has 3 aliphatic rings. The summed E-state index contributed by atoms with van der Waals surface area (Å²) in [7, 11) is 4.38. The number of halogens is 2. The van der Waals surface area contributed by atoms with Crippen molar-refractivity contribution in [3.05, 3.63) is 80.7 Å². The third-order valence-corrected chi connectivity index (χ3v) is 10.1. The van der Waals surface area contributed by atoms with Crippen LogP contribution in [0.2, 0.25) is 5.02 Å². The van der Waals surface area contributed by atoms with Crippen molar-refractivity contribution in [1.29, 1.82) is 0 Å². The number of carbonyl (C=O) groups excluding carboxylic acids is 2. The molecule has 0 aliphatic carbocycles. The third kappa shape index (κ3) is 8.23. The molecule has 2 fully saturated rings. The predicted octanol–water partition coefficient (Wildman–Crippen LogP) is 4.58. The van der Waals surface area contributed by atoms with Gasteiger partial charge in [-0.2, -0.15) is 0 Å². The van der Waals surface area contributed by atoms with Crippen LogP contribution in [-0.2, 0) is 30.2 Å². The number of aliphatic hydroxyl groups excluding tert-OH is 1. The van der Waals surface area contributed by atoms with E-state index < -0.39 is 82.9 Å². The number of nitro benzene ring substituents is 1. The topological polar surface area (TPSA) is 194 Å². The molecule has 282 valence electrons. The molecule has 5 rings (SSSR count). The number of benzene rings is 2. The number of rotatable bonds is 5. The number of epoxide rings is 1.